The van der Waals surface area contributed by atoms with Crippen LogP contribution in [-0.4, -0.2) is 30.1 Å². The van der Waals surface area contributed by atoms with E-state index in [4.69, 9.17) is 5.11 Å². The Morgan fingerprint density at radius 1 is 1.43 bits per heavy atom. The molecule has 1 unspecified atom stereocenters. The molecule has 1 fully saturated rings. The minimum Gasteiger partial charge on any atom is -0.478 e. The minimum atomic E-state index is -1.20. The van der Waals surface area contributed by atoms with Crippen LogP contribution in [0.3, 0.4) is 0 Å². The summed E-state index contributed by atoms with van der Waals surface area (Å²) in [6.45, 7) is 5.18. The van der Waals surface area contributed by atoms with Crippen molar-refractivity contribution < 1.29 is 19.1 Å². The van der Waals surface area contributed by atoms with Crippen LogP contribution < -0.4 is 10.6 Å². The molecule has 2 rings (SSSR count). The van der Waals surface area contributed by atoms with E-state index in [-0.39, 0.29) is 23.1 Å². The number of carbonyl (C=O) groups excluding carboxylic acids is 1. The van der Waals surface area contributed by atoms with Gasteiger partial charge in [-0.1, -0.05) is 13.8 Å². The van der Waals surface area contributed by atoms with Crippen LogP contribution in [-0.2, 0) is 4.79 Å². The van der Waals surface area contributed by atoms with E-state index in [9.17, 15) is 14.0 Å². The summed E-state index contributed by atoms with van der Waals surface area (Å²) in [6, 6.07) is 3.26. The van der Waals surface area contributed by atoms with Crippen molar-refractivity contribution in [1.82, 2.24) is 5.32 Å². The van der Waals surface area contributed by atoms with Gasteiger partial charge in [0.05, 0.1) is 16.7 Å². The van der Waals surface area contributed by atoms with Crippen LogP contribution in [0.15, 0.2) is 18.2 Å². The molecule has 5 nitrogen and oxygen atoms in total. The fraction of sp³-hybridized carbons (Fsp3) is 0.467. The van der Waals surface area contributed by atoms with E-state index in [1.165, 1.54) is 0 Å². The van der Waals surface area contributed by atoms with Gasteiger partial charge in [-0.2, -0.15) is 0 Å². The van der Waals surface area contributed by atoms with Gasteiger partial charge in [-0.15, -0.1) is 0 Å². The number of carbonyl (C=O) groups is 2. The Morgan fingerprint density at radius 2 is 2.14 bits per heavy atom. The van der Waals surface area contributed by atoms with Gasteiger partial charge in [-0.25, -0.2) is 9.18 Å². The maximum absolute atomic E-state index is 13.3. The first-order valence-electron chi connectivity index (χ1n) is 6.92. The van der Waals surface area contributed by atoms with Gasteiger partial charge >= 0.3 is 5.97 Å². The average Bonchev–Trinajstić information content (AvgIpc) is 2.88. The highest BCUT2D eigenvalue weighted by Crippen LogP contribution is 2.35. The summed E-state index contributed by atoms with van der Waals surface area (Å²) in [7, 11) is 0. The number of benzene rings is 1. The van der Waals surface area contributed by atoms with Gasteiger partial charge in [-0.3, -0.25) is 4.79 Å². The Labute approximate surface area is 122 Å². The van der Waals surface area contributed by atoms with Crippen molar-refractivity contribution in [2.24, 2.45) is 11.3 Å². The van der Waals surface area contributed by atoms with Crippen molar-refractivity contribution in [3.63, 3.8) is 0 Å². The third-order valence-electron chi connectivity index (χ3n) is 4.21. The summed E-state index contributed by atoms with van der Waals surface area (Å²) in [5.74, 6) is -1.96. The predicted molar refractivity (Wildman–Crippen MR) is 76.7 cm³/mol. The number of carboxylic acids is 1. The summed E-state index contributed by atoms with van der Waals surface area (Å²) >= 11 is 0. The van der Waals surface area contributed by atoms with Crippen molar-refractivity contribution in [2.45, 2.75) is 20.3 Å². The maximum Gasteiger partial charge on any atom is 0.337 e. The molecule has 21 heavy (non-hydrogen) atoms. The van der Waals surface area contributed by atoms with Crippen molar-refractivity contribution in [3.05, 3.63) is 29.6 Å². The molecule has 1 aliphatic heterocycles. The van der Waals surface area contributed by atoms with Crippen molar-refractivity contribution in [1.29, 1.82) is 0 Å². The molecule has 1 aromatic rings. The normalized spacial score (nSPS) is 21.5. The van der Waals surface area contributed by atoms with Crippen molar-refractivity contribution in [2.75, 3.05) is 18.4 Å². The molecule has 1 amide bonds. The van der Waals surface area contributed by atoms with E-state index in [0.717, 1.165) is 24.7 Å². The van der Waals surface area contributed by atoms with Gasteiger partial charge in [0.15, 0.2) is 0 Å². The lowest BCUT2D eigenvalue weighted by atomic mass is 9.75. The Kier molecular flexibility index (Phi) is 4.27. The van der Waals surface area contributed by atoms with Crippen LogP contribution in [0.2, 0.25) is 0 Å². The zero-order chi connectivity index (χ0) is 15.6. The number of anilines is 1. The smallest absolute Gasteiger partial charge is 0.337 e. The number of rotatable bonds is 4. The van der Waals surface area contributed by atoms with Gasteiger partial charge in [0, 0.05) is 6.54 Å². The lowest BCUT2D eigenvalue weighted by molar-refractivity contribution is -0.126. The number of carboxylic acid groups (broad SMARTS) is 1. The number of aromatic carboxylic acids is 1. The molecule has 1 atom stereocenters. The molecule has 1 heterocycles. The van der Waals surface area contributed by atoms with Crippen LogP contribution in [0.1, 0.15) is 30.6 Å². The number of hydrogen-bond donors (Lipinski definition) is 3. The average molecular weight is 294 g/mol. The zero-order valence-electron chi connectivity index (χ0n) is 12.1. The summed E-state index contributed by atoms with van der Waals surface area (Å²) in [6.07, 6.45) is 0.675. The predicted octanol–water partition coefficient (Wildman–Crippen LogP) is 2.10. The number of amides is 1. The molecule has 114 valence electrons. The first kappa shape index (κ1) is 15.4. The van der Waals surface area contributed by atoms with E-state index >= 15 is 0 Å². The van der Waals surface area contributed by atoms with E-state index in [1.54, 1.807) is 0 Å². The van der Waals surface area contributed by atoms with E-state index < -0.39 is 17.2 Å². The highest BCUT2D eigenvalue weighted by molar-refractivity contribution is 6.02. The molecule has 0 radical (unpaired) electrons. The third-order valence-corrected chi connectivity index (χ3v) is 4.21. The van der Waals surface area contributed by atoms with Crippen LogP contribution in [0, 0.1) is 17.2 Å². The van der Waals surface area contributed by atoms with Gasteiger partial charge < -0.3 is 15.7 Å². The Hall–Kier alpha value is -1.95. The summed E-state index contributed by atoms with van der Waals surface area (Å²) in [5, 5.41) is 14.9. The molecule has 6 heteroatoms. The monoisotopic (exact) mass is 294 g/mol. The van der Waals surface area contributed by atoms with E-state index in [1.807, 2.05) is 13.8 Å². The largest absolute Gasteiger partial charge is 0.478 e. The van der Waals surface area contributed by atoms with Gasteiger partial charge in [0.25, 0.3) is 0 Å². The Balaban J connectivity index is 2.31. The molecular formula is C15H19FN2O3. The fourth-order valence-corrected chi connectivity index (χ4v) is 2.71. The summed E-state index contributed by atoms with van der Waals surface area (Å²) in [4.78, 5) is 23.8. The van der Waals surface area contributed by atoms with E-state index in [2.05, 4.69) is 10.6 Å². The molecule has 0 aliphatic carbocycles. The standard InChI is InChI=1S/C15H19FN2O3/c1-9(2)15(5-6-17-8-15)14(21)18-12-7-10(16)3-4-11(12)13(19)20/h3-4,7,9,17H,5-6,8H2,1-2H3,(H,18,21)(H,19,20). The maximum atomic E-state index is 13.3. The Bertz CT molecular complexity index is 566. The van der Waals surface area contributed by atoms with Crippen LogP contribution in [0.25, 0.3) is 0 Å². The molecule has 1 aromatic carbocycles. The molecular weight excluding hydrogens is 275 g/mol. The molecule has 1 aliphatic rings. The molecule has 0 spiro atoms. The number of hydrogen-bond acceptors (Lipinski definition) is 3. The first-order valence-corrected chi connectivity index (χ1v) is 6.92. The van der Waals surface area contributed by atoms with Crippen molar-refractivity contribution >= 4 is 17.6 Å². The summed E-state index contributed by atoms with van der Waals surface area (Å²) < 4.78 is 13.3. The van der Waals surface area contributed by atoms with Crippen LogP contribution in [0.4, 0.5) is 10.1 Å². The lowest BCUT2D eigenvalue weighted by Crippen LogP contribution is -2.42. The Morgan fingerprint density at radius 3 is 2.67 bits per heavy atom. The molecule has 0 bridgehead atoms. The van der Waals surface area contributed by atoms with Crippen LogP contribution in [0.5, 0.6) is 0 Å². The second kappa shape index (κ2) is 5.81. The number of halogens is 1. The van der Waals surface area contributed by atoms with Gasteiger partial charge in [0.1, 0.15) is 5.82 Å². The second-order valence-electron chi connectivity index (χ2n) is 5.69. The quantitative estimate of drug-likeness (QED) is 0.794. The lowest BCUT2D eigenvalue weighted by Gasteiger charge is -2.31. The third kappa shape index (κ3) is 2.90. The SMILES string of the molecule is CC(C)C1(C(=O)Nc2cc(F)ccc2C(=O)O)CCNC1. The second-order valence-corrected chi connectivity index (χ2v) is 5.69. The topological polar surface area (TPSA) is 78.4 Å². The molecule has 3 N–H and O–H groups in total. The van der Waals surface area contributed by atoms with Crippen LogP contribution >= 0.6 is 0 Å². The molecule has 1 saturated heterocycles. The zero-order valence-corrected chi connectivity index (χ0v) is 12.1. The number of nitrogens with one attached hydrogen (secondary N) is 2. The highest BCUT2D eigenvalue weighted by atomic mass is 19.1. The van der Waals surface area contributed by atoms with E-state index in [0.29, 0.717) is 13.0 Å². The van der Waals surface area contributed by atoms with Gasteiger partial charge in [-0.05, 0) is 37.1 Å². The minimum absolute atomic E-state index is 0.000532. The highest BCUT2D eigenvalue weighted by Gasteiger charge is 2.44. The molecule has 0 saturated carbocycles. The summed E-state index contributed by atoms with van der Waals surface area (Å²) in [5.41, 5.74) is -0.712. The van der Waals surface area contributed by atoms with Crippen molar-refractivity contribution in [3.8, 4) is 0 Å². The molecule has 0 aromatic heterocycles. The first-order chi connectivity index (χ1) is 9.86. The van der Waals surface area contributed by atoms with Gasteiger partial charge in [0.2, 0.25) is 5.91 Å². The fourth-order valence-electron chi connectivity index (χ4n) is 2.71.